The van der Waals surface area contributed by atoms with E-state index < -0.39 is 36.0 Å². The molecule has 22 heavy (non-hydrogen) atoms. The number of ether oxygens (including phenoxy) is 1. The molecular formula is C15H20N2O5. The molecule has 0 aromatic heterocycles. The normalized spacial score (nSPS) is 12.1. The number of alkyl carbamates (subject to hydrolysis) is 1. The van der Waals surface area contributed by atoms with Crippen molar-refractivity contribution >= 4 is 23.7 Å². The number of carboxylic acids is 1. The number of carbonyl (C=O) groups is 3. The molecule has 7 heteroatoms. The first-order valence-corrected chi connectivity index (χ1v) is 6.74. The lowest BCUT2D eigenvalue weighted by Gasteiger charge is -2.21. The van der Waals surface area contributed by atoms with Crippen molar-refractivity contribution in [3.63, 3.8) is 0 Å². The van der Waals surface area contributed by atoms with Crippen molar-refractivity contribution in [2.75, 3.05) is 5.32 Å². The second kappa shape index (κ2) is 7.44. The first-order valence-electron chi connectivity index (χ1n) is 6.74. The van der Waals surface area contributed by atoms with E-state index in [0.717, 1.165) is 0 Å². The van der Waals surface area contributed by atoms with E-state index >= 15 is 0 Å². The Bertz CT molecular complexity index is 537. The van der Waals surface area contributed by atoms with Crippen LogP contribution in [0.25, 0.3) is 0 Å². The number of rotatable bonds is 5. The lowest BCUT2D eigenvalue weighted by Crippen LogP contribution is -2.45. The van der Waals surface area contributed by atoms with Gasteiger partial charge in [0.1, 0.15) is 11.6 Å². The summed E-state index contributed by atoms with van der Waals surface area (Å²) in [5.41, 5.74) is -0.201. The van der Waals surface area contributed by atoms with Gasteiger partial charge in [-0.1, -0.05) is 18.2 Å². The van der Waals surface area contributed by atoms with Crippen molar-refractivity contribution < 1.29 is 24.2 Å². The maximum atomic E-state index is 11.8. The summed E-state index contributed by atoms with van der Waals surface area (Å²) in [6.07, 6.45) is -1.28. The van der Waals surface area contributed by atoms with E-state index in [1.54, 1.807) is 51.1 Å². The van der Waals surface area contributed by atoms with Gasteiger partial charge in [0.05, 0.1) is 6.42 Å². The molecule has 3 N–H and O–H groups in total. The van der Waals surface area contributed by atoms with Crippen LogP contribution in [0.1, 0.15) is 27.2 Å². The van der Waals surface area contributed by atoms with Crippen LogP contribution >= 0.6 is 0 Å². The van der Waals surface area contributed by atoms with Gasteiger partial charge in [0.2, 0.25) is 5.91 Å². The van der Waals surface area contributed by atoms with Crippen LogP contribution in [0.4, 0.5) is 10.5 Å². The number of benzene rings is 1. The van der Waals surface area contributed by atoms with Crippen LogP contribution in [0.2, 0.25) is 0 Å². The minimum absolute atomic E-state index is 0.399. The van der Waals surface area contributed by atoms with Gasteiger partial charge in [-0.2, -0.15) is 0 Å². The number of anilines is 1. The molecule has 1 aromatic carbocycles. The maximum Gasteiger partial charge on any atom is 0.408 e. The van der Waals surface area contributed by atoms with E-state index in [9.17, 15) is 14.4 Å². The minimum atomic E-state index is -1.36. The minimum Gasteiger partial charge on any atom is -0.480 e. The fraction of sp³-hybridized carbons (Fsp3) is 0.400. The molecule has 0 heterocycles. The van der Waals surface area contributed by atoms with Crippen LogP contribution in [0, 0.1) is 0 Å². The molecular weight excluding hydrogens is 288 g/mol. The Hall–Kier alpha value is -2.57. The highest BCUT2D eigenvalue weighted by molar-refractivity contribution is 5.94. The number of carbonyl (C=O) groups excluding carboxylic acids is 2. The number of para-hydroxylation sites is 1. The Morgan fingerprint density at radius 1 is 1.18 bits per heavy atom. The Labute approximate surface area is 128 Å². The highest BCUT2D eigenvalue weighted by Crippen LogP contribution is 2.09. The van der Waals surface area contributed by atoms with Gasteiger partial charge in [-0.3, -0.25) is 4.79 Å². The molecule has 0 aliphatic heterocycles. The predicted molar refractivity (Wildman–Crippen MR) is 80.5 cm³/mol. The molecule has 0 aliphatic carbocycles. The first-order chi connectivity index (χ1) is 10.2. The van der Waals surface area contributed by atoms with Crippen LogP contribution in [0.3, 0.4) is 0 Å². The van der Waals surface area contributed by atoms with E-state index in [1.807, 2.05) is 0 Å². The Morgan fingerprint density at radius 2 is 1.77 bits per heavy atom. The fourth-order valence-electron chi connectivity index (χ4n) is 1.57. The molecule has 1 aromatic rings. The van der Waals surface area contributed by atoms with Gasteiger partial charge < -0.3 is 20.5 Å². The van der Waals surface area contributed by atoms with Gasteiger partial charge in [-0.15, -0.1) is 0 Å². The number of amides is 2. The Balaban J connectivity index is 2.59. The summed E-state index contributed by atoms with van der Waals surface area (Å²) in [5.74, 6) is -1.83. The van der Waals surface area contributed by atoms with Crippen molar-refractivity contribution in [1.82, 2.24) is 5.32 Å². The smallest absolute Gasteiger partial charge is 0.408 e. The number of hydrogen-bond donors (Lipinski definition) is 3. The van der Waals surface area contributed by atoms with Gasteiger partial charge >= 0.3 is 12.1 Å². The third-order valence-electron chi connectivity index (χ3n) is 2.44. The van der Waals surface area contributed by atoms with Crippen LogP contribution in [0.5, 0.6) is 0 Å². The molecule has 0 radical (unpaired) electrons. The topological polar surface area (TPSA) is 105 Å². The van der Waals surface area contributed by atoms with Crippen molar-refractivity contribution in [1.29, 1.82) is 0 Å². The molecule has 0 spiro atoms. The second-order valence-electron chi connectivity index (χ2n) is 5.66. The summed E-state index contributed by atoms with van der Waals surface area (Å²) in [5, 5.41) is 13.8. The van der Waals surface area contributed by atoms with Crippen molar-refractivity contribution in [2.45, 2.75) is 38.8 Å². The third-order valence-corrected chi connectivity index (χ3v) is 2.44. The maximum absolute atomic E-state index is 11.8. The van der Waals surface area contributed by atoms with E-state index in [4.69, 9.17) is 9.84 Å². The van der Waals surface area contributed by atoms with Crippen molar-refractivity contribution in [2.24, 2.45) is 0 Å². The third kappa shape index (κ3) is 6.74. The number of aliphatic carboxylic acids is 1. The second-order valence-corrected chi connectivity index (χ2v) is 5.66. The Morgan fingerprint density at radius 3 is 2.27 bits per heavy atom. The van der Waals surface area contributed by atoms with Gasteiger partial charge in [-0.25, -0.2) is 9.59 Å². The molecule has 2 amide bonds. The Kier molecular flexibility index (Phi) is 5.91. The van der Waals surface area contributed by atoms with Gasteiger partial charge in [0.25, 0.3) is 0 Å². The van der Waals surface area contributed by atoms with Crippen molar-refractivity contribution in [3.05, 3.63) is 30.3 Å². The summed E-state index contributed by atoms with van der Waals surface area (Å²) in [6, 6.07) is 7.26. The molecule has 0 fully saturated rings. The number of nitrogens with one attached hydrogen (secondary N) is 2. The summed E-state index contributed by atoms with van der Waals surface area (Å²) in [4.78, 5) is 34.6. The van der Waals surface area contributed by atoms with E-state index in [-0.39, 0.29) is 0 Å². The van der Waals surface area contributed by atoms with Gasteiger partial charge in [0, 0.05) is 5.69 Å². The highest BCUT2D eigenvalue weighted by atomic mass is 16.6. The highest BCUT2D eigenvalue weighted by Gasteiger charge is 2.26. The predicted octanol–water partition coefficient (Wildman–Crippen LogP) is 1.99. The lowest BCUT2D eigenvalue weighted by atomic mass is 10.2. The zero-order valence-corrected chi connectivity index (χ0v) is 12.8. The van der Waals surface area contributed by atoms with Gasteiger partial charge in [-0.05, 0) is 32.9 Å². The van der Waals surface area contributed by atoms with Gasteiger partial charge in [0.15, 0.2) is 0 Å². The zero-order chi connectivity index (χ0) is 16.8. The molecule has 0 saturated carbocycles. The number of carboxylic acid groups (broad SMARTS) is 1. The quantitative estimate of drug-likeness (QED) is 0.771. The molecule has 0 bridgehead atoms. The molecule has 0 aliphatic rings. The monoisotopic (exact) mass is 308 g/mol. The lowest BCUT2D eigenvalue weighted by molar-refractivity contribution is -0.141. The number of hydrogen-bond acceptors (Lipinski definition) is 4. The largest absolute Gasteiger partial charge is 0.480 e. The average molecular weight is 308 g/mol. The van der Waals surface area contributed by atoms with Crippen LogP contribution in [0.15, 0.2) is 30.3 Å². The first kappa shape index (κ1) is 17.5. The summed E-state index contributed by atoms with van der Waals surface area (Å²) in [7, 11) is 0. The zero-order valence-electron chi connectivity index (χ0n) is 12.8. The molecule has 7 nitrogen and oxygen atoms in total. The summed E-state index contributed by atoms with van der Waals surface area (Å²) in [6.45, 7) is 4.97. The van der Waals surface area contributed by atoms with Crippen LogP contribution < -0.4 is 10.6 Å². The fourth-order valence-corrected chi connectivity index (χ4v) is 1.57. The van der Waals surface area contributed by atoms with Crippen LogP contribution in [-0.2, 0) is 14.3 Å². The molecule has 120 valence electrons. The van der Waals surface area contributed by atoms with E-state index in [2.05, 4.69) is 10.6 Å². The van der Waals surface area contributed by atoms with E-state index in [0.29, 0.717) is 5.69 Å². The van der Waals surface area contributed by atoms with E-state index in [1.165, 1.54) is 0 Å². The standard InChI is InChI=1S/C15H20N2O5/c1-15(2,3)22-14(21)17-11(13(19)20)9-12(18)16-10-7-5-4-6-8-10/h4-8,11H,9H2,1-3H3,(H,16,18)(H,17,21)(H,19,20). The van der Waals surface area contributed by atoms with Crippen LogP contribution in [-0.4, -0.2) is 34.7 Å². The summed E-state index contributed by atoms with van der Waals surface area (Å²) < 4.78 is 4.97. The molecule has 1 atom stereocenters. The average Bonchev–Trinajstić information content (AvgIpc) is 2.36. The van der Waals surface area contributed by atoms with Crippen molar-refractivity contribution in [3.8, 4) is 0 Å². The molecule has 1 rings (SSSR count). The summed E-state index contributed by atoms with van der Waals surface area (Å²) >= 11 is 0. The SMILES string of the molecule is CC(C)(C)OC(=O)NC(CC(=O)Nc1ccccc1)C(=O)O. The molecule has 0 saturated heterocycles. The molecule has 1 unspecified atom stereocenters.